The van der Waals surface area contributed by atoms with E-state index in [0.717, 1.165) is 63.5 Å². The molecule has 2 amide bonds. The number of nitrogens with zero attached hydrogens (tertiary/aromatic N) is 3. The maximum atomic E-state index is 14.2. The van der Waals surface area contributed by atoms with Crippen molar-refractivity contribution in [1.82, 2.24) is 20.2 Å². The van der Waals surface area contributed by atoms with Crippen molar-refractivity contribution in [1.29, 1.82) is 0 Å². The fourth-order valence-electron chi connectivity index (χ4n) is 8.95. The van der Waals surface area contributed by atoms with Crippen LogP contribution in [0.3, 0.4) is 0 Å². The molecular weight excluding hydrogens is 773 g/mol. The van der Waals surface area contributed by atoms with Crippen LogP contribution in [0.5, 0.6) is 17.2 Å². The molecule has 2 N–H and O–H groups in total. The molecule has 3 aromatic carbocycles. The summed E-state index contributed by atoms with van der Waals surface area (Å²) in [6, 6.07) is 19.0. The van der Waals surface area contributed by atoms with E-state index in [4.69, 9.17) is 18.6 Å². The molecule has 0 spiro atoms. The minimum Gasteiger partial charge on any atom is -0.490 e. The molecule has 61 heavy (non-hydrogen) atoms. The largest absolute Gasteiger partial charge is 0.490 e. The van der Waals surface area contributed by atoms with Gasteiger partial charge in [0.05, 0.1) is 6.10 Å². The lowest BCUT2D eigenvalue weighted by Crippen LogP contribution is -2.56. The Morgan fingerprint density at radius 3 is 2.31 bits per heavy atom. The number of hydrogen-bond acceptors (Lipinski definition) is 9. The number of fused-ring (bicyclic) bond motifs is 2. The van der Waals surface area contributed by atoms with Gasteiger partial charge in [-0.1, -0.05) is 57.2 Å². The summed E-state index contributed by atoms with van der Waals surface area (Å²) in [7, 11) is 0. The molecule has 2 aliphatic heterocycles. The van der Waals surface area contributed by atoms with E-state index in [0.29, 0.717) is 28.6 Å². The topological polar surface area (TPSA) is 153 Å². The number of aliphatic carboxylic acids is 1. The second kappa shape index (κ2) is 17.1. The van der Waals surface area contributed by atoms with Crippen LogP contribution in [0.1, 0.15) is 103 Å². The number of ether oxygens (including phenoxy) is 3. The molecular formula is C49H54N4O8. The van der Waals surface area contributed by atoms with E-state index in [1.165, 1.54) is 17.7 Å². The van der Waals surface area contributed by atoms with Gasteiger partial charge in [-0.15, -0.1) is 0 Å². The summed E-state index contributed by atoms with van der Waals surface area (Å²) in [5.41, 5.74) is 6.71. The van der Waals surface area contributed by atoms with E-state index < -0.39 is 29.9 Å². The Balaban J connectivity index is 0.978. The molecule has 4 heterocycles. The lowest BCUT2D eigenvalue weighted by molar-refractivity contribution is -0.142. The van der Waals surface area contributed by atoms with Crippen LogP contribution >= 0.6 is 0 Å². The first-order chi connectivity index (χ1) is 29.2. The summed E-state index contributed by atoms with van der Waals surface area (Å²) >= 11 is 0. The molecule has 2 aromatic heterocycles. The number of hydrogen-bond donors (Lipinski definition) is 2. The zero-order valence-corrected chi connectivity index (χ0v) is 35.7. The van der Waals surface area contributed by atoms with Crippen LogP contribution in [0.4, 0.5) is 0 Å². The molecule has 1 saturated carbocycles. The van der Waals surface area contributed by atoms with E-state index in [2.05, 4.69) is 36.1 Å². The van der Waals surface area contributed by atoms with E-state index in [9.17, 15) is 19.5 Å². The fourth-order valence-corrected chi connectivity index (χ4v) is 8.95. The maximum Gasteiger partial charge on any atom is 0.326 e. The van der Waals surface area contributed by atoms with Crippen LogP contribution in [-0.2, 0) is 29.0 Å². The molecule has 3 aliphatic rings. The molecule has 0 bridgehead atoms. The summed E-state index contributed by atoms with van der Waals surface area (Å²) in [5, 5.41) is 13.0. The molecule has 8 rings (SSSR count). The number of pyridine rings is 1. The molecule has 0 radical (unpaired) electrons. The number of rotatable bonds is 10. The molecule has 1 fully saturated rings. The number of aromatic nitrogens is 2. The Hall–Kier alpha value is -6.17. The third kappa shape index (κ3) is 9.13. The Labute approximate surface area is 356 Å². The third-order valence-corrected chi connectivity index (χ3v) is 12.5. The van der Waals surface area contributed by atoms with Crippen LogP contribution in [-0.4, -0.2) is 62.6 Å². The van der Waals surface area contributed by atoms with Gasteiger partial charge in [0.25, 0.3) is 5.91 Å². The van der Waals surface area contributed by atoms with Crippen molar-refractivity contribution >= 4 is 17.8 Å². The van der Waals surface area contributed by atoms with Crippen molar-refractivity contribution in [2.24, 2.45) is 11.3 Å². The minimum atomic E-state index is -1.25. The number of benzene rings is 3. The first kappa shape index (κ1) is 41.6. The predicted octanol–water partition coefficient (Wildman–Crippen LogP) is 8.54. The van der Waals surface area contributed by atoms with Gasteiger partial charge in [-0.25, -0.2) is 9.78 Å². The van der Waals surface area contributed by atoms with Gasteiger partial charge in [0.15, 0.2) is 29.2 Å². The second-order valence-corrected chi connectivity index (χ2v) is 17.8. The smallest absolute Gasteiger partial charge is 0.326 e. The number of carboxylic acid groups (broad SMARTS) is 1. The van der Waals surface area contributed by atoms with Crippen molar-refractivity contribution in [2.45, 2.75) is 111 Å². The van der Waals surface area contributed by atoms with Gasteiger partial charge < -0.3 is 34.0 Å². The highest BCUT2D eigenvalue weighted by molar-refractivity contribution is 5.98. The quantitative estimate of drug-likeness (QED) is 0.140. The first-order valence-electron chi connectivity index (χ1n) is 21.2. The Kier molecular flexibility index (Phi) is 11.6. The van der Waals surface area contributed by atoms with Crippen LogP contribution in [0.2, 0.25) is 0 Å². The monoisotopic (exact) mass is 826 g/mol. The molecule has 0 saturated heterocycles. The molecule has 12 heteroatoms. The normalized spacial score (nSPS) is 20.3. The number of amides is 2. The molecule has 318 valence electrons. The van der Waals surface area contributed by atoms with Crippen molar-refractivity contribution in [3.63, 3.8) is 0 Å². The fraction of sp³-hybridized carbons (Fsp3) is 0.408. The number of nitrogens with one attached hydrogen (secondary N) is 1. The third-order valence-electron chi connectivity index (χ3n) is 12.5. The number of carboxylic acids is 1. The zero-order chi connectivity index (χ0) is 43.0. The summed E-state index contributed by atoms with van der Waals surface area (Å²) < 4.78 is 24.8. The van der Waals surface area contributed by atoms with Crippen LogP contribution in [0.15, 0.2) is 83.5 Å². The minimum absolute atomic E-state index is 0.0453. The van der Waals surface area contributed by atoms with Gasteiger partial charge in [-0.05, 0) is 120 Å². The lowest BCUT2D eigenvalue weighted by Gasteiger charge is -2.37. The molecule has 5 aromatic rings. The summed E-state index contributed by atoms with van der Waals surface area (Å²) in [6.45, 7) is 12.6. The Bertz CT molecular complexity index is 2410. The van der Waals surface area contributed by atoms with Crippen LogP contribution in [0.25, 0.3) is 11.1 Å². The maximum absolute atomic E-state index is 14.2. The Morgan fingerprint density at radius 2 is 1.66 bits per heavy atom. The predicted molar refractivity (Wildman–Crippen MR) is 229 cm³/mol. The lowest BCUT2D eigenvalue weighted by atomic mass is 9.72. The average molecular weight is 827 g/mol. The van der Waals surface area contributed by atoms with Crippen molar-refractivity contribution in [3.8, 4) is 28.4 Å². The first-order valence-corrected chi connectivity index (χ1v) is 21.2. The van der Waals surface area contributed by atoms with Crippen LogP contribution < -0.4 is 19.5 Å². The summed E-state index contributed by atoms with van der Waals surface area (Å²) in [5.74, 6) is 1.02. The molecule has 1 aliphatic carbocycles. The number of carbonyl (C=O) groups is 3. The van der Waals surface area contributed by atoms with E-state index in [1.54, 1.807) is 26.2 Å². The van der Waals surface area contributed by atoms with Crippen molar-refractivity contribution in [2.75, 3.05) is 6.61 Å². The molecule has 3 atom stereocenters. The van der Waals surface area contributed by atoms with Gasteiger partial charge in [-0.3, -0.25) is 14.6 Å². The molecule has 12 nitrogen and oxygen atoms in total. The van der Waals surface area contributed by atoms with Crippen molar-refractivity contribution < 1.29 is 38.1 Å². The SMILES string of the molecule is Cc1nc(C(=O)N2Cc3cc4c(cc3C[C@H]2C(=O)N[C@@H](Cc2ccc(-c3ccncc3C)cc2)C(=O)O)OC[C@H](c2ccc(OC3CCC(C(C)(C)C)CC3)cc2)O4)c(C)o1. The average Bonchev–Trinajstić information content (AvgIpc) is 3.59. The van der Waals surface area contributed by atoms with Gasteiger partial charge >= 0.3 is 5.97 Å². The highest BCUT2D eigenvalue weighted by atomic mass is 16.6. The van der Waals surface area contributed by atoms with Crippen LogP contribution in [0, 0.1) is 32.1 Å². The molecule has 0 unspecified atom stereocenters. The van der Waals surface area contributed by atoms with E-state index in [1.807, 2.05) is 73.7 Å². The van der Waals surface area contributed by atoms with Gasteiger partial charge in [0, 0.05) is 38.7 Å². The van der Waals surface area contributed by atoms with Gasteiger partial charge in [-0.2, -0.15) is 0 Å². The second-order valence-electron chi connectivity index (χ2n) is 17.8. The summed E-state index contributed by atoms with van der Waals surface area (Å²) in [4.78, 5) is 51.0. The highest BCUT2D eigenvalue weighted by Crippen LogP contribution is 2.42. The number of aryl methyl sites for hydroxylation is 3. The van der Waals surface area contributed by atoms with Gasteiger partial charge in [0.1, 0.15) is 30.2 Å². The van der Waals surface area contributed by atoms with E-state index in [-0.39, 0.29) is 43.9 Å². The number of oxazole rings is 1. The van der Waals surface area contributed by atoms with E-state index >= 15 is 0 Å². The van der Waals surface area contributed by atoms with Gasteiger partial charge in [0.2, 0.25) is 5.91 Å². The zero-order valence-electron chi connectivity index (χ0n) is 35.7. The standard InChI is InChI=1S/C49H54N4O8/c1-28-25-50-20-19-39(28)32-9-7-31(8-10-32)21-40(48(56)57)52-46(54)41-22-34-23-42-43(24-35(34)26-53(41)47(55)45-29(2)59-30(3)51-45)61-44(27-58-42)33-11-15-37(16-12-33)60-38-17-13-36(14-18-38)49(4,5)6/h7-12,15-16,19-20,23-25,36,38,40-41,44H,13-14,17-18,21-22,26-27H2,1-6H3,(H,52,54)(H,56,57)/t36?,38?,40-,41-,44+/m0/s1. The highest BCUT2D eigenvalue weighted by Gasteiger charge is 2.40. The Morgan fingerprint density at radius 1 is 0.934 bits per heavy atom. The van der Waals surface area contributed by atoms with Crippen molar-refractivity contribution in [3.05, 3.63) is 124 Å². The summed E-state index contributed by atoms with van der Waals surface area (Å²) in [6.07, 6.45) is 8.01. The number of carbonyl (C=O) groups excluding carboxylic acids is 2.